The highest BCUT2D eigenvalue weighted by atomic mass is 35.5. The molecule has 9 heteroatoms. The van der Waals surface area contributed by atoms with Gasteiger partial charge >= 0.3 is 5.97 Å². The lowest BCUT2D eigenvalue weighted by Gasteiger charge is -2.13. The quantitative estimate of drug-likeness (QED) is 0.362. The Hall–Kier alpha value is -3.52. The Kier molecular flexibility index (Phi) is 8.17. The van der Waals surface area contributed by atoms with Crippen molar-refractivity contribution in [1.82, 2.24) is 9.36 Å². The van der Waals surface area contributed by atoms with Crippen LogP contribution in [0.15, 0.2) is 53.3 Å². The molecular formula is C25H28ClN3O5. The molecule has 34 heavy (non-hydrogen) atoms. The summed E-state index contributed by atoms with van der Waals surface area (Å²) in [6, 6.07) is 14.4. The van der Waals surface area contributed by atoms with E-state index in [1.807, 2.05) is 31.2 Å². The number of ether oxygens (including phenoxy) is 2. The van der Waals surface area contributed by atoms with E-state index < -0.39 is 18.0 Å². The SMILES string of the molecule is Cc1cc(OCCCC(=O)OC(C)C(=O)Nc2c(C)n(C)n(-c3ccccc3)c2=O)ccc1Cl. The molecule has 0 radical (unpaired) electrons. The minimum atomic E-state index is -1.06. The van der Waals surface area contributed by atoms with Gasteiger partial charge in [-0.05, 0) is 63.1 Å². The van der Waals surface area contributed by atoms with E-state index in [9.17, 15) is 14.4 Å². The third-order valence-electron chi connectivity index (χ3n) is 5.40. The number of halogens is 1. The fourth-order valence-corrected chi connectivity index (χ4v) is 3.48. The molecule has 0 aliphatic heterocycles. The monoisotopic (exact) mass is 485 g/mol. The summed E-state index contributed by atoms with van der Waals surface area (Å²) in [5.41, 5.74) is 1.94. The van der Waals surface area contributed by atoms with Crippen LogP contribution in [-0.4, -0.2) is 34.0 Å². The van der Waals surface area contributed by atoms with Crippen LogP contribution in [0.2, 0.25) is 5.02 Å². The average molecular weight is 486 g/mol. The van der Waals surface area contributed by atoms with Crippen LogP contribution in [0.3, 0.4) is 0 Å². The van der Waals surface area contributed by atoms with E-state index >= 15 is 0 Å². The highest BCUT2D eigenvalue weighted by Gasteiger charge is 2.23. The molecule has 0 aliphatic carbocycles. The van der Waals surface area contributed by atoms with E-state index in [4.69, 9.17) is 21.1 Å². The summed E-state index contributed by atoms with van der Waals surface area (Å²) in [6.07, 6.45) is -0.541. The van der Waals surface area contributed by atoms with Gasteiger partial charge in [-0.15, -0.1) is 0 Å². The van der Waals surface area contributed by atoms with Gasteiger partial charge in [0.05, 0.1) is 18.0 Å². The number of anilines is 1. The summed E-state index contributed by atoms with van der Waals surface area (Å²) in [4.78, 5) is 37.7. The zero-order valence-electron chi connectivity index (χ0n) is 19.6. The van der Waals surface area contributed by atoms with E-state index in [1.165, 1.54) is 11.6 Å². The zero-order valence-corrected chi connectivity index (χ0v) is 20.4. The Morgan fingerprint density at radius 1 is 1.12 bits per heavy atom. The van der Waals surface area contributed by atoms with Gasteiger partial charge in [-0.2, -0.15) is 0 Å². The van der Waals surface area contributed by atoms with Gasteiger partial charge in [-0.25, -0.2) is 4.68 Å². The second kappa shape index (κ2) is 11.1. The average Bonchev–Trinajstić information content (AvgIpc) is 3.02. The molecule has 2 aromatic carbocycles. The number of aryl methyl sites for hydroxylation is 1. The molecule has 0 saturated carbocycles. The number of para-hydroxylation sites is 1. The molecule has 1 unspecified atom stereocenters. The number of carbonyl (C=O) groups excluding carboxylic acids is 2. The van der Waals surface area contributed by atoms with Gasteiger partial charge in [0, 0.05) is 18.5 Å². The summed E-state index contributed by atoms with van der Waals surface area (Å²) in [6.45, 7) is 5.40. The molecule has 0 saturated heterocycles. The third kappa shape index (κ3) is 5.88. The van der Waals surface area contributed by atoms with Crippen molar-refractivity contribution in [3.8, 4) is 11.4 Å². The lowest BCUT2D eigenvalue weighted by atomic mass is 10.2. The fourth-order valence-electron chi connectivity index (χ4n) is 3.36. The van der Waals surface area contributed by atoms with Gasteiger partial charge in [0.15, 0.2) is 6.10 Å². The Morgan fingerprint density at radius 2 is 1.82 bits per heavy atom. The number of rotatable bonds is 9. The number of nitrogens with one attached hydrogen (secondary N) is 1. The molecule has 3 aromatic rings. The van der Waals surface area contributed by atoms with Crippen molar-refractivity contribution in [2.45, 2.75) is 39.7 Å². The Bertz CT molecular complexity index is 1230. The van der Waals surface area contributed by atoms with E-state index in [2.05, 4.69) is 5.32 Å². The first-order valence-corrected chi connectivity index (χ1v) is 11.3. The normalized spacial score (nSPS) is 11.7. The molecule has 0 bridgehead atoms. The van der Waals surface area contributed by atoms with E-state index in [0.29, 0.717) is 35.2 Å². The lowest BCUT2D eigenvalue weighted by molar-refractivity contribution is -0.153. The molecule has 3 rings (SSSR count). The minimum absolute atomic E-state index is 0.0926. The number of esters is 1. The van der Waals surface area contributed by atoms with Gasteiger partial charge < -0.3 is 14.8 Å². The van der Waals surface area contributed by atoms with Crippen molar-refractivity contribution < 1.29 is 19.1 Å². The molecule has 0 spiro atoms. The number of carbonyl (C=O) groups is 2. The maximum absolute atomic E-state index is 12.9. The molecule has 0 aliphatic rings. The summed E-state index contributed by atoms with van der Waals surface area (Å²) < 4.78 is 14.0. The highest BCUT2D eigenvalue weighted by molar-refractivity contribution is 6.31. The molecule has 1 N–H and O–H groups in total. The van der Waals surface area contributed by atoms with E-state index in [-0.39, 0.29) is 17.7 Å². The molecule has 1 amide bonds. The van der Waals surface area contributed by atoms with Gasteiger partial charge in [0.2, 0.25) is 0 Å². The fraction of sp³-hybridized carbons (Fsp3) is 0.320. The van der Waals surface area contributed by atoms with Crippen molar-refractivity contribution in [2.24, 2.45) is 7.05 Å². The first-order chi connectivity index (χ1) is 16.2. The molecule has 8 nitrogen and oxygen atoms in total. The first kappa shape index (κ1) is 25.1. The summed E-state index contributed by atoms with van der Waals surface area (Å²) in [5, 5.41) is 3.27. The summed E-state index contributed by atoms with van der Waals surface area (Å²) >= 11 is 5.99. The molecule has 1 heterocycles. The van der Waals surface area contributed by atoms with Gasteiger partial charge in [0.25, 0.3) is 11.5 Å². The molecule has 1 aromatic heterocycles. The number of aromatic nitrogens is 2. The third-order valence-corrected chi connectivity index (χ3v) is 5.83. The van der Waals surface area contributed by atoms with Gasteiger partial charge in [-0.1, -0.05) is 29.8 Å². The van der Waals surface area contributed by atoms with Crippen LogP contribution < -0.4 is 15.6 Å². The van der Waals surface area contributed by atoms with Crippen LogP contribution in [0.1, 0.15) is 31.0 Å². The van der Waals surface area contributed by atoms with Crippen LogP contribution in [-0.2, 0) is 21.4 Å². The van der Waals surface area contributed by atoms with Crippen LogP contribution in [0, 0.1) is 13.8 Å². The van der Waals surface area contributed by atoms with Crippen molar-refractivity contribution in [3.63, 3.8) is 0 Å². The number of hydrogen-bond donors (Lipinski definition) is 1. The number of amides is 1. The van der Waals surface area contributed by atoms with Crippen LogP contribution in [0.5, 0.6) is 5.75 Å². The number of benzene rings is 2. The maximum atomic E-state index is 12.9. The van der Waals surface area contributed by atoms with Crippen molar-refractivity contribution in [3.05, 3.63) is 75.2 Å². The number of nitrogens with zero attached hydrogens (tertiary/aromatic N) is 2. The Balaban J connectivity index is 1.52. The molecule has 1 atom stereocenters. The second-order valence-corrected chi connectivity index (χ2v) is 8.33. The first-order valence-electron chi connectivity index (χ1n) is 10.9. The molecular weight excluding hydrogens is 458 g/mol. The van der Waals surface area contributed by atoms with Crippen molar-refractivity contribution in [1.29, 1.82) is 0 Å². The molecule has 0 fully saturated rings. The smallest absolute Gasteiger partial charge is 0.306 e. The standard InChI is InChI=1S/C25H28ClN3O5/c1-16-15-20(12-13-21(16)26)33-14-8-11-22(30)34-18(3)24(31)27-23-17(2)28(4)29(25(23)32)19-9-6-5-7-10-19/h5-7,9-10,12-13,15,18H,8,11,14H2,1-4H3,(H,27,31). The predicted molar refractivity (Wildman–Crippen MR) is 131 cm³/mol. The maximum Gasteiger partial charge on any atom is 0.306 e. The minimum Gasteiger partial charge on any atom is -0.494 e. The van der Waals surface area contributed by atoms with Gasteiger partial charge in [0.1, 0.15) is 11.4 Å². The second-order valence-electron chi connectivity index (χ2n) is 7.92. The summed E-state index contributed by atoms with van der Waals surface area (Å²) in [7, 11) is 1.73. The topological polar surface area (TPSA) is 91.6 Å². The molecule has 180 valence electrons. The van der Waals surface area contributed by atoms with Crippen molar-refractivity contribution >= 4 is 29.2 Å². The van der Waals surface area contributed by atoms with Crippen molar-refractivity contribution in [2.75, 3.05) is 11.9 Å². The summed E-state index contributed by atoms with van der Waals surface area (Å²) in [5.74, 6) is -0.431. The largest absolute Gasteiger partial charge is 0.494 e. The van der Waals surface area contributed by atoms with Crippen LogP contribution in [0.25, 0.3) is 5.69 Å². The Morgan fingerprint density at radius 3 is 2.50 bits per heavy atom. The van der Waals surface area contributed by atoms with Crippen LogP contribution >= 0.6 is 11.6 Å². The van der Waals surface area contributed by atoms with E-state index in [1.54, 1.807) is 42.9 Å². The zero-order chi connectivity index (χ0) is 24.8. The van der Waals surface area contributed by atoms with Gasteiger partial charge in [-0.3, -0.25) is 19.1 Å². The van der Waals surface area contributed by atoms with Crippen LogP contribution in [0.4, 0.5) is 5.69 Å². The predicted octanol–water partition coefficient (Wildman–Crippen LogP) is 4.18. The Labute approximate surface area is 203 Å². The number of hydrogen-bond acceptors (Lipinski definition) is 5. The highest BCUT2D eigenvalue weighted by Crippen LogP contribution is 2.21. The lowest BCUT2D eigenvalue weighted by Crippen LogP contribution is -2.32. The van der Waals surface area contributed by atoms with E-state index in [0.717, 1.165) is 5.56 Å².